The van der Waals surface area contributed by atoms with Crippen molar-refractivity contribution in [2.75, 3.05) is 73.0 Å². The number of rotatable bonds is 4. The molecule has 3 aromatic rings. The van der Waals surface area contributed by atoms with E-state index in [-0.39, 0.29) is 5.82 Å². The van der Waals surface area contributed by atoms with E-state index in [9.17, 15) is 13.2 Å². The molecule has 206 valence electrons. The van der Waals surface area contributed by atoms with Gasteiger partial charge in [-0.2, -0.15) is 18.2 Å². The molecule has 1 aromatic carbocycles. The SMILES string of the molecule is CN1CCCc2ccc(Nc3nc(N4CCOCC4)nc4c3CCN(c3ncccc3C(F)(F)F)CC4)cc21. The number of nitrogens with zero attached hydrogens (tertiary/aromatic N) is 6. The van der Waals surface area contributed by atoms with Crippen LogP contribution in [0.4, 0.5) is 42.1 Å². The van der Waals surface area contributed by atoms with E-state index in [0.717, 1.165) is 42.4 Å². The smallest absolute Gasteiger partial charge is 0.378 e. The third kappa shape index (κ3) is 5.32. The molecule has 0 unspecified atom stereocenters. The Morgan fingerprint density at radius 3 is 2.56 bits per heavy atom. The summed E-state index contributed by atoms with van der Waals surface area (Å²) in [7, 11) is 2.11. The molecule has 6 rings (SSSR count). The second-order valence-corrected chi connectivity index (χ2v) is 10.2. The van der Waals surface area contributed by atoms with Gasteiger partial charge >= 0.3 is 6.18 Å². The molecule has 1 saturated heterocycles. The number of nitrogens with one attached hydrogen (secondary N) is 1. The zero-order valence-corrected chi connectivity index (χ0v) is 22.0. The number of pyridine rings is 1. The van der Waals surface area contributed by atoms with Crippen LogP contribution < -0.4 is 20.0 Å². The number of alkyl halides is 3. The predicted octanol–water partition coefficient (Wildman–Crippen LogP) is 4.46. The summed E-state index contributed by atoms with van der Waals surface area (Å²) in [6.45, 7) is 4.38. The third-order valence-corrected chi connectivity index (χ3v) is 7.72. The summed E-state index contributed by atoms with van der Waals surface area (Å²) in [4.78, 5) is 20.1. The van der Waals surface area contributed by atoms with Crippen molar-refractivity contribution >= 4 is 29.0 Å². The molecule has 39 heavy (non-hydrogen) atoms. The molecule has 3 aliphatic heterocycles. The summed E-state index contributed by atoms with van der Waals surface area (Å²) in [5, 5.41) is 3.55. The van der Waals surface area contributed by atoms with Gasteiger partial charge in [-0.3, -0.25) is 0 Å². The van der Waals surface area contributed by atoms with Gasteiger partial charge in [0.15, 0.2) is 0 Å². The molecule has 0 spiro atoms. The molecule has 1 fully saturated rings. The van der Waals surface area contributed by atoms with Crippen LogP contribution in [0.5, 0.6) is 0 Å². The Balaban J connectivity index is 1.35. The molecule has 0 amide bonds. The number of halogens is 3. The number of fused-ring (bicyclic) bond motifs is 2. The van der Waals surface area contributed by atoms with E-state index in [2.05, 4.69) is 45.3 Å². The van der Waals surface area contributed by atoms with Gasteiger partial charge in [0.2, 0.25) is 5.95 Å². The van der Waals surface area contributed by atoms with Gasteiger partial charge in [0.25, 0.3) is 0 Å². The lowest BCUT2D eigenvalue weighted by Crippen LogP contribution is -2.37. The third-order valence-electron chi connectivity index (χ3n) is 7.72. The number of hydrogen-bond acceptors (Lipinski definition) is 8. The highest BCUT2D eigenvalue weighted by atomic mass is 19.4. The van der Waals surface area contributed by atoms with Crippen molar-refractivity contribution in [1.82, 2.24) is 15.0 Å². The minimum absolute atomic E-state index is 0.0357. The summed E-state index contributed by atoms with van der Waals surface area (Å²) >= 11 is 0. The minimum Gasteiger partial charge on any atom is -0.378 e. The Hall–Kier alpha value is -3.60. The number of morpholine rings is 1. The molecular weight excluding hydrogens is 507 g/mol. The summed E-state index contributed by atoms with van der Waals surface area (Å²) < 4.78 is 46.8. The monoisotopic (exact) mass is 539 g/mol. The van der Waals surface area contributed by atoms with Gasteiger partial charge in [0.1, 0.15) is 11.6 Å². The largest absolute Gasteiger partial charge is 0.419 e. The Bertz CT molecular complexity index is 1340. The van der Waals surface area contributed by atoms with Crippen LogP contribution in [0.3, 0.4) is 0 Å². The van der Waals surface area contributed by atoms with Gasteiger partial charge in [-0.05, 0) is 49.1 Å². The fourth-order valence-electron chi connectivity index (χ4n) is 5.65. The second-order valence-electron chi connectivity index (χ2n) is 10.2. The first-order chi connectivity index (χ1) is 18.9. The molecule has 0 radical (unpaired) electrons. The number of hydrogen-bond donors (Lipinski definition) is 1. The highest BCUT2D eigenvalue weighted by Crippen LogP contribution is 2.37. The average molecular weight is 540 g/mol. The summed E-state index contributed by atoms with van der Waals surface area (Å²) in [6.07, 6.45) is 0.136. The fourth-order valence-corrected chi connectivity index (χ4v) is 5.65. The van der Waals surface area contributed by atoms with Crippen molar-refractivity contribution in [3.8, 4) is 0 Å². The van der Waals surface area contributed by atoms with Crippen molar-refractivity contribution in [3.63, 3.8) is 0 Å². The summed E-state index contributed by atoms with van der Waals surface area (Å²) in [5.74, 6) is 1.29. The number of benzene rings is 1. The molecular formula is C28H32F3N7O. The molecule has 0 atom stereocenters. The van der Waals surface area contributed by atoms with Crippen LogP contribution in [-0.4, -0.2) is 67.9 Å². The van der Waals surface area contributed by atoms with Crippen molar-refractivity contribution in [2.24, 2.45) is 0 Å². The van der Waals surface area contributed by atoms with Crippen molar-refractivity contribution < 1.29 is 17.9 Å². The molecule has 0 aliphatic carbocycles. The normalized spacial score (nSPS) is 17.9. The van der Waals surface area contributed by atoms with Crippen molar-refractivity contribution in [3.05, 3.63) is 58.9 Å². The maximum Gasteiger partial charge on any atom is 0.419 e. The lowest BCUT2D eigenvalue weighted by Gasteiger charge is -2.29. The van der Waals surface area contributed by atoms with Crippen LogP contribution in [0, 0.1) is 0 Å². The molecule has 5 heterocycles. The molecule has 0 saturated carbocycles. The summed E-state index contributed by atoms with van der Waals surface area (Å²) in [6, 6.07) is 8.82. The minimum atomic E-state index is -4.47. The van der Waals surface area contributed by atoms with E-state index in [4.69, 9.17) is 14.7 Å². The van der Waals surface area contributed by atoms with Crippen LogP contribution in [0.2, 0.25) is 0 Å². The maximum atomic E-state index is 13.8. The van der Waals surface area contributed by atoms with Crippen molar-refractivity contribution in [1.29, 1.82) is 0 Å². The van der Waals surface area contributed by atoms with Gasteiger partial charge in [-0.25, -0.2) is 9.97 Å². The zero-order chi connectivity index (χ0) is 27.0. The van der Waals surface area contributed by atoms with E-state index in [1.807, 2.05) is 0 Å². The fraction of sp³-hybridized carbons (Fsp3) is 0.464. The Morgan fingerprint density at radius 1 is 0.923 bits per heavy atom. The predicted molar refractivity (Wildman–Crippen MR) is 145 cm³/mol. The average Bonchev–Trinajstić information content (AvgIpc) is 3.16. The van der Waals surface area contributed by atoms with Gasteiger partial charge in [0, 0.05) is 69.3 Å². The second kappa shape index (κ2) is 10.5. The molecule has 8 nitrogen and oxygen atoms in total. The Labute approximate surface area is 225 Å². The van der Waals surface area contributed by atoms with Crippen LogP contribution in [0.1, 0.15) is 28.8 Å². The molecule has 11 heteroatoms. The first-order valence-electron chi connectivity index (χ1n) is 13.5. The van der Waals surface area contributed by atoms with Gasteiger partial charge in [-0.1, -0.05) is 6.07 Å². The van der Waals surface area contributed by atoms with Crippen LogP contribution in [0.25, 0.3) is 0 Å². The quantitative estimate of drug-likeness (QED) is 0.522. The van der Waals surface area contributed by atoms with Crippen LogP contribution in [0.15, 0.2) is 36.5 Å². The molecule has 1 N–H and O–H groups in total. The zero-order valence-electron chi connectivity index (χ0n) is 22.0. The first kappa shape index (κ1) is 25.7. The van der Waals surface area contributed by atoms with Gasteiger partial charge in [0.05, 0.1) is 24.5 Å². The van der Waals surface area contributed by atoms with Crippen LogP contribution >= 0.6 is 0 Å². The number of anilines is 5. The number of aryl methyl sites for hydroxylation is 1. The van der Waals surface area contributed by atoms with E-state index in [0.29, 0.717) is 64.0 Å². The first-order valence-corrected chi connectivity index (χ1v) is 13.5. The molecule has 3 aliphatic rings. The lowest BCUT2D eigenvalue weighted by molar-refractivity contribution is -0.137. The topological polar surface area (TPSA) is 69.7 Å². The van der Waals surface area contributed by atoms with Crippen LogP contribution in [-0.2, 0) is 30.2 Å². The van der Waals surface area contributed by atoms with Crippen molar-refractivity contribution in [2.45, 2.75) is 31.9 Å². The van der Waals surface area contributed by atoms with E-state index < -0.39 is 11.7 Å². The lowest BCUT2D eigenvalue weighted by atomic mass is 10.0. The van der Waals surface area contributed by atoms with E-state index in [1.165, 1.54) is 23.5 Å². The summed E-state index contributed by atoms with van der Waals surface area (Å²) in [5.41, 5.74) is 4.55. The number of aromatic nitrogens is 3. The van der Waals surface area contributed by atoms with Gasteiger partial charge < -0.3 is 24.8 Å². The Morgan fingerprint density at radius 2 is 1.74 bits per heavy atom. The Kier molecular flexibility index (Phi) is 6.92. The molecule has 0 bridgehead atoms. The highest BCUT2D eigenvalue weighted by Gasteiger charge is 2.36. The van der Waals surface area contributed by atoms with E-state index in [1.54, 1.807) is 4.90 Å². The standard InChI is InChI=1S/C28H32F3N7O/c1-36-11-3-4-19-6-7-20(18-24(19)36)33-25-21-8-12-37(26-22(28(29,30)31)5-2-10-32-26)13-9-23(21)34-27(35-25)38-14-16-39-17-15-38/h2,5-7,10,18H,3-4,8-9,11-17H2,1H3,(H,33,34,35). The van der Waals surface area contributed by atoms with E-state index >= 15 is 0 Å². The molecule has 2 aromatic heterocycles. The highest BCUT2D eigenvalue weighted by molar-refractivity contribution is 5.69. The number of ether oxygens (including phenoxy) is 1. The maximum absolute atomic E-state index is 13.8. The van der Waals surface area contributed by atoms with Gasteiger partial charge in [-0.15, -0.1) is 0 Å².